The van der Waals surface area contributed by atoms with Crippen LogP contribution in [0.5, 0.6) is 0 Å². The second kappa shape index (κ2) is 10.3. The lowest BCUT2D eigenvalue weighted by molar-refractivity contribution is -0.132. The van der Waals surface area contributed by atoms with E-state index in [-0.39, 0.29) is 36.8 Å². The van der Waals surface area contributed by atoms with Crippen molar-refractivity contribution in [1.29, 1.82) is 0 Å². The van der Waals surface area contributed by atoms with Crippen molar-refractivity contribution >= 4 is 30.7 Å². The van der Waals surface area contributed by atoms with Crippen molar-refractivity contribution in [3.8, 4) is 11.3 Å². The molecule has 2 N–H and O–H groups in total. The summed E-state index contributed by atoms with van der Waals surface area (Å²) in [5.41, 5.74) is 3.41. The molecule has 2 aliphatic heterocycles. The van der Waals surface area contributed by atoms with Crippen LogP contribution < -0.4 is 5.32 Å². The summed E-state index contributed by atoms with van der Waals surface area (Å²) in [6, 6.07) is 8.51. The first kappa shape index (κ1) is 22.7. The van der Waals surface area contributed by atoms with Crippen molar-refractivity contribution in [2.75, 3.05) is 19.6 Å². The van der Waals surface area contributed by atoms with E-state index in [0.717, 1.165) is 56.0 Å². The molecule has 5 nitrogen and oxygen atoms in total. The van der Waals surface area contributed by atoms with Crippen LogP contribution in [0.25, 0.3) is 11.3 Å². The van der Waals surface area contributed by atoms with Gasteiger partial charge >= 0.3 is 0 Å². The molecule has 0 radical (unpaired) electrons. The van der Waals surface area contributed by atoms with E-state index in [2.05, 4.69) is 46.5 Å². The highest BCUT2D eigenvalue weighted by molar-refractivity contribution is 5.85. The molecule has 28 heavy (non-hydrogen) atoms. The number of imidazole rings is 1. The molecule has 0 bridgehead atoms. The van der Waals surface area contributed by atoms with E-state index >= 15 is 0 Å². The number of hydrogen-bond donors (Lipinski definition) is 2. The number of hydrogen-bond acceptors (Lipinski definition) is 3. The van der Waals surface area contributed by atoms with Crippen LogP contribution in [0.2, 0.25) is 0 Å². The number of benzene rings is 1. The van der Waals surface area contributed by atoms with Crippen molar-refractivity contribution in [3.63, 3.8) is 0 Å². The van der Waals surface area contributed by atoms with Crippen LogP contribution in [0, 0.1) is 12.8 Å². The Morgan fingerprint density at radius 1 is 1.29 bits per heavy atom. The molecule has 2 aliphatic rings. The Morgan fingerprint density at radius 2 is 2.14 bits per heavy atom. The average Bonchev–Trinajstić information content (AvgIpc) is 3.40. The van der Waals surface area contributed by atoms with Gasteiger partial charge < -0.3 is 15.2 Å². The highest BCUT2D eigenvalue weighted by Gasteiger charge is 2.32. The number of carbonyl (C=O) groups excluding carboxylic acids is 1. The Balaban J connectivity index is 0.00000140. The fourth-order valence-corrected chi connectivity index (χ4v) is 4.25. The molecule has 0 saturated carbocycles. The van der Waals surface area contributed by atoms with E-state index in [1.807, 2.05) is 11.1 Å². The number of aromatic nitrogens is 2. The van der Waals surface area contributed by atoms with Crippen molar-refractivity contribution in [2.45, 2.75) is 45.1 Å². The second-order valence-electron chi connectivity index (χ2n) is 7.69. The molecule has 0 spiro atoms. The van der Waals surface area contributed by atoms with Gasteiger partial charge in [-0.2, -0.15) is 0 Å². The standard InChI is InChI=1S/C21H28N4O.2ClH/c1-15-4-2-5-17(12-15)18-14-23-21(24-18)19-6-3-11-25(19)20(26)8-7-16-9-10-22-13-16;;/h2,4-5,12,14,16,19,22H,3,6-11,13H2,1H3,(H,23,24);2*1H. The number of aromatic amines is 1. The van der Waals surface area contributed by atoms with Gasteiger partial charge in [-0.15, -0.1) is 24.8 Å². The molecular weight excluding hydrogens is 395 g/mol. The normalized spacial score (nSPS) is 21.2. The zero-order chi connectivity index (χ0) is 17.9. The maximum Gasteiger partial charge on any atom is 0.223 e. The quantitative estimate of drug-likeness (QED) is 0.752. The van der Waals surface area contributed by atoms with Crippen LogP contribution in [0.1, 0.15) is 49.5 Å². The van der Waals surface area contributed by atoms with E-state index in [1.165, 1.54) is 12.0 Å². The minimum atomic E-state index is 0. The molecule has 7 heteroatoms. The molecular formula is C21H30Cl2N4O. The minimum Gasteiger partial charge on any atom is -0.340 e. The lowest BCUT2D eigenvalue weighted by atomic mass is 10.0. The van der Waals surface area contributed by atoms with Crippen molar-refractivity contribution in [1.82, 2.24) is 20.2 Å². The molecule has 1 amide bonds. The molecule has 154 valence electrons. The van der Waals surface area contributed by atoms with Crippen LogP contribution >= 0.6 is 24.8 Å². The van der Waals surface area contributed by atoms with E-state index in [4.69, 9.17) is 0 Å². The highest BCUT2D eigenvalue weighted by Crippen LogP contribution is 2.32. The summed E-state index contributed by atoms with van der Waals surface area (Å²) in [6.07, 6.45) is 6.82. The third-order valence-electron chi connectivity index (χ3n) is 5.74. The fraction of sp³-hybridized carbons (Fsp3) is 0.524. The number of rotatable bonds is 5. The topological polar surface area (TPSA) is 61.0 Å². The molecule has 0 aliphatic carbocycles. The van der Waals surface area contributed by atoms with Gasteiger partial charge in [0.1, 0.15) is 5.82 Å². The maximum atomic E-state index is 12.8. The van der Waals surface area contributed by atoms with Gasteiger partial charge in [-0.3, -0.25) is 4.79 Å². The molecule has 1 aromatic heterocycles. The van der Waals surface area contributed by atoms with E-state index in [9.17, 15) is 4.79 Å². The third-order valence-corrected chi connectivity index (χ3v) is 5.74. The monoisotopic (exact) mass is 424 g/mol. The molecule has 2 aromatic rings. The first-order chi connectivity index (χ1) is 12.7. The summed E-state index contributed by atoms with van der Waals surface area (Å²) in [5, 5.41) is 3.38. The van der Waals surface area contributed by atoms with Gasteiger partial charge in [-0.05, 0) is 63.2 Å². The predicted octanol–water partition coefficient (Wildman–Crippen LogP) is 4.28. The molecule has 2 unspecified atom stereocenters. The van der Waals surface area contributed by atoms with Gasteiger partial charge in [0, 0.05) is 13.0 Å². The van der Waals surface area contributed by atoms with Crippen LogP contribution in [-0.2, 0) is 4.79 Å². The second-order valence-corrected chi connectivity index (χ2v) is 7.69. The Kier molecular flexibility index (Phi) is 8.35. The van der Waals surface area contributed by atoms with Gasteiger partial charge in [0.2, 0.25) is 5.91 Å². The Morgan fingerprint density at radius 3 is 2.89 bits per heavy atom. The molecule has 4 rings (SSSR count). The summed E-state index contributed by atoms with van der Waals surface area (Å²) in [7, 11) is 0. The lowest BCUT2D eigenvalue weighted by Gasteiger charge is -2.24. The van der Waals surface area contributed by atoms with Crippen molar-refractivity contribution < 1.29 is 4.79 Å². The number of nitrogens with one attached hydrogen (secondary N) is 2. The average molecular weight is 425 g/mol. The fourth-order valence-electron chi connectivity index (χ4n) is 4.25. The number of halogens is 2. The smallest absolute Gasteiger partial charge is 0.223 e. The Labute approximate surface area is 179 Å². The molecule has 2 fully saturated rings. The van der Waals surface area contributed by atoms with Gasteiger partial charge in [0.05, 0.1) is 17.9 Å². The summed E-state index contributed by atoms with van der Waals surface area (Å²) >= 11 is 0. The number of likely N-dealkylation sites (tertiary alicyclic amines) is 1. The molecule has 1 aromatic carbocycles. The van der Waals surface area contributed by atoms with Gasteiger partial charge in [-0.1, -0.05) is 23.8 Å². The number of aryl methyl sites for hydroxylation is 1. The Bertz CT molecular complexity index is 773. The van der Waals surface area contributed by atoms with Gasteiger partial charge in [0.25, 0.3) is 0 Å². The zero-order valence-corrected chi connectivity index (χ0v) is 18.0. The zero-order valence-electron chi connectivity index (χ0n) is 16.3. The largest absolute Gasteiger partial charge is 0.340 e. The summed E-state index contributed by atoms with van der Waals surface area (Å²) in [4.78, 5) is 22.9. The molecule has 3 heterocycles. The lowest BCUT2D eigenvalue weighted by Crippen LogP contribution is -2.31. The number of amides is 1. The Hall–Kier alpha value is -1.56. The number of H-pyrrole nitrogens is 1. The van der Waals surface area contributed by atoms with Gasteiger partial charge in [-0.25, -0.2) is 4.98 Å². The number of carbonyl (C=O) groups is 1. The maximum absolute atomic E-state index is 12.8. The summed E-state index contributed by atoms with van der Waals surface area (Å²) in [6.45, 7) is 5.11. The van der Waals surface area contributed by atoms with Crippen LogP contribution in [0.4, 0.5) is 0 Å². The number of nitrogens with zero attached hydrogens (tertiary/aromatic N) is 2. The first-order valence-electron chi connectivity index (χ1n) is 9.83. The van der Waals surface area contributed by atoms with Crippen molar-refractivity contribution in [2.24, 2.45) is 5.92 Å². The van der Waals surface area contributed by atoms with Gasteiger partial charge in [0.15, 0.2) is 0 Å². The highest BCUT2D eigenvalue weighted by atomic mass is 35.5. The molecule has 2 atom stereocenters. The van der Waals surface area contributed by atoms with Crippen LogP contribution in [0.15, 0.2) is 30.5 Å². The molecule has 2 saturated heterocycles. The first-order valence-corrected chi connectivity index (χ1v) is 9.83. The van der Waals surface area contributed by atoms with Crippen LogP contribution in [0.3, 0.4) is 0 Å². The van der Waals surface area contributed by atoms with E-state index < -0.39 is 0 Å². The predicted molar refractivity (Wildman–Crippen MR) is 117 cm³/mol. The van der Waals surface area contributed by atoms with Crippen molar-refractivity contribution in [3.05, 3.63) is 41.9 Å². The van der Waals surface area contributed by atoms with E-state index in [0.29, 0.717) is 12.3 Å². The minimum absolute atomic E-state index is 0. The SMILES string of the molecule is Cc1cccc(-c2cnc(C3CCCN3C(=O)CCC3CCNC3)[nH]2)c1.Cl.Cl. The van der Waals surface area contributed by atoms with Crippen LogP contribution in [-0.4, -0.2) is 40.4 Å². The van der Waals surface area contributed by atoms with E-state index in [1.54, 1.807) is 0 Å². The summed E-state index contributed by atoms with van der Waals surface area (Å²) in [5.74, 6) is 1.87. The third kappa shape index (κ3) is 5.07. The summed E-state index contributed by atoms with van der Waals surface area (Å²) < 4.78 is 0.